The molecule has 2 rings (SSSR count). The highest BCUT2D eigenvalue weighted by Gasteiger charge is 2.01. The molecule has 0 saturated heterocycles. The third-order valence-electron chi connectivity index (χ3n) is 3.35. The Labute approximate surface area is 117 Å². The van der Waals surface area contributed by atoms with Crippen LogP contribution in [0.4, 0.5) is 0 Å². The monoisotopic (exact) mass is 256 g/mol. The van der Waals surface area contributed by atoms with Crippen LogP contribution in [0.15, 0.2) is 36.4 Å². The van der Waals surface area contributed by atoms with Crippen molar-refractivity contribution in [3.05, 3.63) is 58.7 Å². The average Bonchev–Trinajstić information content (AvgIpc) is 2.37. The van der Waals surface area contributed by atoms with Crippen molar-refractivity contribution in [1.29, 1.82) is 0 Å². The van der Waals surface area contributed by atoms with E-state index in [-0.39, 0.29) is 0 Å². The Balaban J connectivity index is 0.000000550. The molecule has 2 aromatic carbocycles. The Bertz CT molecular complexity index is 492. The lowest BCUT2D eigenvalue weighted by Gasteiger charge is -2.08. The fraction of sp³-hybridized carbons (Fsp3) is 0.333. The maximum atomic E-state index is 4.25. The molecule has 102 valence electrons. The molecule has 0 heterocycles. The Morgan fingerprint density at radius 3 is 1.16 bits per heavy atom. The SMILES string of the molecule is COC.Cc1ccc(-c2ccc(C)c(C)c2)cc1C. The van der Waals surface area contributed by atoms with Gasteiger partial charge >= 0.3 is 0 Å². The number of rotatable bonds is 1. The van der Waals surface area contributed by atoms with Crippen molar-refractivity contribution in [2.75, 3.05) is 14.2 Å². The van der Waals surface area contributed by atoms with Gasteiger partial charge in [0, 0.05) is 14.2 Å². The minimum Gasteiger partial charge on any atom is -0.388 e. The first-order chi connectivity index (χ1) is 8.99. The van der Waals surface area contributed by atoms with Gasteiger partial charge in [0.25, 0.3) is 0 Å². The summed E-state index contributed by atoms with van der Waals surface area (Å²) in [5.74, 6) is 0. The van der Waals surface area contributed by atoms with Crippen molar-refractivity contribution >= 4 is 0 Å². The molecule has 1 nitrogen and oxygen atoms in total. The van der Waals surface area contributed by atoms with E-state index in [1.54, 1.807) is 14.2 Å². The zero-order chi connectivity index (χ0) is 14.4. The van der Waals surface area contributed by atoms with E-state index in [2.05, 4.69) is 68.8 Å². The first-order valence-electron chi connectivity index (χ1n) is 6.54. The molecule has 1 heteroatoms. The van der Waals surface area contributed by atoms with Gasteiger partial charge in [-0.2, -0.15) is 0 Å². The van der Waals surface area contributed by atoms with E-state index in [0.29, 0.717) is 0 Å². The second-order valence-corrected chi connectivity index (χ2v) is 5.01. The van der Waals surface area contributed by atoms with Gasteiger partial charge in [0.05, 0.1) is 0 Å². The van der Waals surface area contributed by atoms with E-state index in [1.807, 2.05) is 0 Å². The highest BCUT2D eigenvalue weighted by molar-refractivity contribution is 5.66. The van der Waals surface area contributed by atoms with Gasteiger partial charge in [-0.25, -0.2) is 0 Å². The molecule has 0 unspecified atom stereocenters. The summed E-state index contributed by atoms with van der Waals surface area (Å²) in [6.45, 7) is 8.64. The van der Waals surface area contributed by atoms with Crippen molar-refractivity contribution in [3.8, 4) is 11.1 Å². The summed E-state index contributed by atoms with van der Waals surface area (Å²) in [5, 5.41) is 0. The Kier molecular flexibility index (Phi) is 5.78. The highest BCUT2D eigenvalue weighted by Crippen LogP contribution is 2.24. The topological polar surface area (TPSA) is 9.23 Å². The summed E-state index contributed by atoms with van der Waals surface area (Å²) in [7, 11) is 3.25. The summed E-state index contributed by atoms with van der Waals surface area (Å²) in [6.07, 6.45) is 0. The van der Waals surface area contributed by atoms with Gasteiger partial charge in [-0.3, -0.25) is 0 Å². The standard InChI is InChI=1S/C16H18.C2H6O/c1-11-5-7-15(9-13(11)3)16-8-6-12(2)14(4)10-16;1-3-2/h5-10H,1-4H3;1-2H3. The smallest absolute Gasteiger partial charge is 0.0351 e. The number of hydrogen-bond donors (Lipinski definition) is 0. The molecule has 0 aliphatic heterocycles. The van der Waals surface area contributed by atoms with E-state index < -0.39 is 0 Å². The van der Waals surface area contributed by atoms with E-state index in [0.717, 1.165) is 0 Å². The van der Waals surface area contributed by atoms with Crippen molar-refractivity contribution in [2.24, 2.45) is 0 Å². The number of ether oxygens (including phenoxy) is 1. The van der Waals surface area contributed by atoms with Gasteiger partial charge in [0.2, 0.25) is 0 Å². The molecule has 0 saturated carbocycles. The molecule has 0 fully saturated rings. The van der Waals surface area contributed by atoms with Crippen LogP contribution in [0.5, 0.6) is 0 Å². The largest absolute Gasteiger partial charge is 0.388 e. The van der Waals surface area contributed by atoms with Crippen LogP contribution < -0.4 is 0 Å². The van der Waals surface area contributed by atoms with Crippen LogP contribution in [0, 0.1) is 27.7 Å². The van der Waals surface area contributed by atoms with Crippen LogP contribution in [0.2, 0.25) is 0 Å². The summed E-state index contributed by atoms with van der Waals surface area (Å²) in [5.41, 5.74) is 8.05. The van der Waals surface area contributed by atoms with Crippen LogP contribution in [0.1, 0.15) is 22.3 Å². The molecular weight excluding hydrogens is 232 g/mol. The molecule has 2 aromatic rings. The number of methoxy groups -OCH3 is 1. The minimum absolute atomic E-state index is 1.31. The lowest BCUT2D eigenvalue weighted by atomic mass is 9.98. The quantitative estimate of drug-likeness (QED) is 0.708. The summed E-state index contributed by atoms with van der Waals surface area (Å²) in [6, 6.07) is 13.3. The van der Waals surface area contributed by atoms with Crippen molar-refractivity contribution in [3.63, 3.8) is 0 Å². The van der Waals surface area contributed by atoms with Gasteiger partial charge in [0.15, 0.2) is 0 Å². The average molecular weight is 256 g/mol. The minimum atomic E-state index is 1.31. The van der Waals surface area contributed by atoms with Gasteiger partial charge in [-0.15, -0.1) is 0 Å². The van der Waals surface area contributed by atoms with Crippen molar-refractivity contribution in [1.82, 2.24) is 0 Å². The molecule has 0 aliphatic rings. The first kappa shape index (κ1) is 15.5. The number of hydrogen-bond acceptors (Lipinski definition) is 1. The van der Waals surface area contributed by atoms with Crippen LogP contribution in [0.25, 0.3) is 11.1 Å². The Hall–Kier alpha value is -1.60. The summed E-state index contributed by atoms with van der Waals surface area (Å²) < 4.78 is 4.25. The normalized spacial score (nSPS) is 9.79. The van der Waals surface area contributed by atoms with Crippen LogP contribution in [-0.2, 0) is 4.74 Å². The predicted molar refractivity (Wildman–Crippen MR) is 83.8 cm³/mol. The van der Waals surface area contributed by atoms with Gasteiger partial charge in [-0.05, 0) is 61.1 Å². The molecule has 0 aromatic heterocycles. The molecular formula is C18H24O. The zero-order valence-corrected chi connectivity index (χ0v) is 12.9. The van der Waals surface area contributed by atoms with E-state index in [4.69, 9.17) is 0 Å². The summed E-state index contributed by atoms with van der Waals surface area (Å²) >= 11 is 0. The van der Waals surface area contributed by atoms with E-state index in [9.17, 15) is 0 Å². The first-order valence-corrected chi connectivity index (χ1v) is 6.54. The maximum absolute atomic E-state index is 4.25. The second-order valence-electron chi connectivity index (χ2n) is 5.01. The van der Waals surface area contributed by atoms with Gasteiger partial charge < -0.3 is 4.74 Å². The Morgan fingerprint density at radius 1 is 0.579 bits per heavy atom. The molecule has 0 radical (unpaired) electrons. The maximum Gasteiger partial charge on any atom is 0.0351 e. The van der Waals surface area contributed by atoms with Gasteiger partial charge in [-0.1, -0.05) is 36.4 Å². The van der Waals surface area contributed by atoms with E-state index >= 15 is 0 Å². The molecule has 0 aliphatic carbocycles. The number of benzene rings is 2. The summed E-state index contributed by atoms with van der Waals surface area (Å²) in [4.78, 5) is 0. The third kappa shape index (κ3) is 4.22. The van der Waals surface area contributed by atoms with Crippen LogP contribution >= 0.6 is 0 Å². The second kappa shape index (κ2) is 7.10. The molecule has 0 atom stereocenters. The molecule has 0 amide bonds. The highest BCUT2D eigenvalue weighted by atomic mass is 16.4. The predicted octanol–water partition coefficient (Wildman–Crippen LogP) is 4.85. The lowest BCUT2D eigenvalue weighted by molar-refractivity contribution is 0.277. The molecule has 19 heavy (non-hydrogen) atoms. The fourth-order valence-electron chi connectivity index (χ4n) is 1.84. The molecule has 0 spiro atoms. The zero-order valence-electron chi connectivity index (χ0n) is 12.9. The van der Waals surface area contributed by atoms with Crippen LogP contribution in [-0.4, -0.2) is 14.2 Å². The molecule has 0 N–H and O–H groups in total. The third-order valence-corrected chi connectivity index (χ3v) is 3.35. The number of aryl methyl sites for hydroxylation is 4. The van der Waals surface area contributed by atoms with Gasteiger partial charge in [0.1, 0.15) is 0 Å². The van der Waals surface area contributed by atoms with E-state index in [1.165, 1.54) is 33.4 Å². The fourth-order valence-corrected chi connectivity index (χ4v) is 1.84. The van der Waals surface area contributed by atoms with Crippen molar-refractivity contribution < 1.29 is 4.74 Å². The Morgan fingerprint density at radius 2 is 0.895 bits per heavy atom. The lowest BCUT2D eigenvalue weighted by Crippen LogP contribution is -1.86. The van der Waals surface area contributed by atoms with Crippen molar-refractivity contribution in [2.45, 2.75) is 27.7 Å². The molecule has 0 bridgehead atoms. The van der Waals surface area contributed by atoms with Crippen LogP contribution in [0.3, 0.4) is 0 Å².